The van der Waals surface area contributed by atoms with Gasteiger partial charge in [0.15, 0.2) is 5.78 Å². The van der Waals surface area contributed by atoms with Crippen LogP contribution in [0.5, 0.6) is 5.75 Å². The number of ketones is 1. The molecule has 0 aliphatic carbocycles. The average molecular weight is 387 g/mol. The van der Waals surface area contributed by atoms with Gasteiger partial charge >= 0.3 is 0 Å². The molecular formula is C25H25NO3. The van der Waals surface area contributed by atoms with Crippen molar-refractivity contribution in [3.8, 4) is 16.9 Å². The largest absolute Gasteiger partial charge is 0.489 e. The minimum atomic E-state index is -0.579. The van der Waals surface area contributed by atoms with E-state index >= 15 is 0 Å². The highest BCUT2D eigenvalue weighted by Gasteiger charge is 2.37. The molecule has 1 fully saturated rings. The maximum atomic E-state index is 13.2. The van der Waals surface area contributed by atoms with Crippen molar-refractivity contribution in [1.29, 1.82) is 0 Å². The van der Waals surface area contributed by atoms with E-state index in [1.807, 2.05) is 79.7 Å². The van der Waals surface area contributed by atoms with Gasteiger partial charge in [-0.3, -0.25) is 4.79 Å². The van der Waals surface area contributed by atoms with Gasteiger partial charge in [-0.1, -0.05) is 72.8 Å². The van der Waals surface area contributed by atoms with E-state index < -0.39 is 6.10 Å². The Hall–Kier alpha value is -2.95. The fourth-order valence-electron chi connectivity index (χ4n) is 3.68. The summed E-state index contributed by atoms with van der Waals surface area (Å²) in [6, 6.07) is 27.3. The lowest BCUT2D eigenvalue weighted by molar-refractivity contribution is -0.0214. The highest BCUT2D eigenvalue weighted by molar-refractivity contribution is 6.00. The Morgan fingerprint density at radius 3 is 2.24 bits per heavy atom. The number of hydrogen-bond donors (Lipinski definition) is 1. The van der Waals surface area contributed by atoms with Crippen LogP contribution in [0.15, 0.2) is 84.9 Å². The zero-order chi connectivity index (χ0) is 20.1. The Bertz CT molecular complexity index is 925. The Kier molecular flexibility index (Phi) is 6.03. The molecule has 29 heavy (non-hydrogen) atoms. The number of morpholine rings is 1. The monoisotopic (exact) mass is 387 g/mol. The average Bonchev–Trinajstić information content (AvgIpc) is 2.80. The zero-order valence-corrected chi connectivity index (χ0v) is 16.5. The first-order valence-corrected chi connectivity index (χ1v) is 9.99. The Morgan fingerprint density at radius 1 is 0.931 bits per heavy atom. The van der Waals surface area contributed by atoms with Crippen molar-refractivity contribution in [3.63, 3.8) is 0 Å². The summed E-state index contributed by atoms with van der Waals surface area (Å²) in [5, 5.41) is 3.41. The van der Waals surface area contributed by atoms with Gasteiger partial charge in [-0.05, 0) is 30.2 Å². The number of carbonyl (C=O) groups is 1. The third-order valence-corrected chi connectivity index (χ3v) is 5.21. The van der Waals surface area contributed by atoms with Crippen LogP contribution in [0.3, 0.4) is 0 Å². The summed E-state index contributed by atoms with van der Waals surface area (Å²) in [5.41, 5.74) is 2.86. The number of carbonyl (C=O) groups excluding carboxylic acids is 1. The van der Waals surface area contributed by atoms with E-state index in [1.54, 1.807) is 0 Å². The SMILES string of the molecule is CC(Oc1ccccc1)C1NCCOC1C(=O)c1ccc(-c2ccccc2)cc1. The fourth-order valence-corrected chi connectivity index (χ4v) is 3.68. The van der Waals surface area contributed by atoms with Crippen LogP contribution in [-0.2, 0) is 4.74 Å². The van der Waals surface area contributed by atoms with E-state index in [-0.39, 0.29) is 17.9 Å². The van der Waals surface area contributed by atoms with Gasteiger partial charge in [-0.25, -0.2) is 0 Å². The molecule has 1 N–H and O–H groups in total. The molecule has 3 aromatic carbocycles. The first kappa shape index (κ1) is 19.4. The zero-order valence-electron chi connectivity index (χ0n) is 16.5. The van der Waals surface area contributed by atoms with Crippen LogP contribution in [0.25, 0.3) is 11.1 Å². The Labute approximate surface area is 171 Å². The molecule has 4 nitrogen and oxygen atoms in total. The van der Waals surface area contributed by atoms with E-state index in [9.17, 15) is 4.79 Å². The molecule has 3 unspecified atom stereocenters. The molecule has 0 radical (unpaired) electrons. The van der Waals surface area contributed by atoms with Crippen molar-refractivity contribution in [2.24, 2.45) is 0 Å². The lowest BCUT2D eigenvalue weighted by Crippen LogP contribution is -2.58. The first-order chi connectivity index (χ1) is 14.2. The van der Waals surface area contributed by atoms with Crippen LogP contribution in [-0.4, -0.2) is 37.2 Å². The summed E-state index contributed by atoms with van der Waals surface area (Å²) in [6.07, 6.45) is -0.791. The lowest BCUT2D eigenvalue weighted by Gasteiger charge is -2.35. The van der Waals surface area contributed by atoms with Crippen LogP contribution in [0.2, 0.25) is 0 Å². The van der Waals surface area contributed by atoms with Gasteiger partial charge in [0.25, 0.3) is 0 Å². The summed E-state index contributed by atoms with van der Waals surface area (Å²) >= 11 is 0. The quantitative estimate of drug-likeness (QED) is 0.639. The van der Waals surface area contributed by atoms with E-state index in [1.165, 1.54) is 0 Å². The van der Waals surface area contributed by atoms with Crippen molar-refractivity contribution < 1.29 is 14.3 Å². The molecule has 0 bridgehead atoms. The first-order valence-electron chi connectivity index (χ1n) is 9.99. The molecule has 1 heterocycles. The molecule has 3 aromatic rings. The van der Waals surface area contributed by atoms with Gasteiger partial charge in [0.1, 0.15) is 18.0 Å². The van der Waals surface area contributed by atoms with Gasteiger partial charge in [0, 0.05) is 12.1 Å². The Balaban J connectivity index is 1.49. The van der Waals surface area contributed by atoms with Gasteiger partial charge in [-0.2, -0.15) is 0 Å². The van der Waals surface area contributed by atoms with Crippen molar-refractivity contribution in [2.45, 2.75) is 25.2 Å². The van der Waals surface area contributed by atoms with Crippen LogP contribution < -0.4 is 10.1 Å². The highest BCUT2D eigenvalue weighted by Crippen LogP contribution is 2.23. The van der Waals surface area contributed by atoms with Gasteiger partial charge in [0.2, 0.25) is 0 Å². The molecule has 1 aliphatic heterocycles. The van der Waals surface area contributed by atoms with Crippen molar-refractivity contribution >= 4 is 5.78 Å². The molecule has 0 spiro atoms. The lowest BCUT2D eigenvalue weighted by atomic mass is 9.94. The van der Waals surface area contributed by atoms with Crippen molar-refractivity contribution in [1.82, 2.24) is 5.32 Å². The summed E-state index contributed by atoms with van der Waals surface area (Å²) in [5.74, 6) is 0.760. The molecule has 1 saturated heterocycles. The molecule has 4 heteroatoms. The molecular weight excluding hydrogens is 362 g/mol. The smallest absolute Gasteiger partial charge is 0.193 e. The van der Waals surface area contributed by atoms with Crippen LogP contribution in [0.1, 0.15) is 17.3 Å². The standard InChI is InChI=1S/C25H25NO3/c1-18(29-22-10-6-3-7-11-22)23-25(28-17-16-26-23)24(27)21-14-12-20(13-15-21)19-8-4-2-5-9-19/h2-15,18,23,25-26H,16-17H2,1H3. The second-order valence-electron chi connectivity index (χ2n) is 7.21. The van der Waals surface area contributed by atoms with E-state index in [0.29, 0.717) is 18.7 Å². The number of hydrogen-bond acceptors (Lipinski definition) is 4. The van der Waals surface area contributed by atoms with Gasteiger partial charge in [-0.15, -0.1) is 0 Å². The maximum absolute atomic E-state index is 13.2. The fraction of sp³-hybridized carbons (Fsp3) is 0.240. The molecule has 0 saturated carbocycles. The van der Waals surface area contributed by atoms with Crippen LogP contribution >= 0.6 is 0 Å². The highest BCUT2D eigenvalue weighted by atomic mass is 16.5. The van der Waals surface area contributed by atoms with E-state index in [2.05, 4.69) is 17.4 Å². The van der Waals surface area contributed by atoms with E-state index in [4.69, 9.17) is 9.47 Å². The number of para-hydroxylation sites is 1. The molecule has 0 amide bonds. The van der Waals surface area contributed by atoms with Gasteiger partial charge < -0.3 is 14.8 Å². The second-order valence-corrected chi connectivity index (χ2v) is 7.21. The number of rotatable bonds is 6. The van der Waals surface area contributed by atoms with Crippen LogP contribution in [0, 0.1) is 0 Å². The molecule has 0 aromatic heterocycles. The molecule has 4 rings (SSSR count). The van der Waals surface area contributed by atoms with Crippen molar-refractivity contribution in [2.75, 3.05) is 13.2 Å². The van der Waals surface area contributed by atoms with Crippen LogP contribution in [0.4, 0.5) is 0 Å². The number of benzene rings is 3. The minimum absolute atomic E-state index is 0.0228. The molecule has 148 valence electrons. The third kappa shape index (κ3) is 4.56. The number of Topliss-reactive ketones (excluding diaryl/α,β-unsaturated/α-hetero) is 1. The summed E-state index contributed by atoms with van der Waals surface area (Å²) < 4.78 is 11.9. The van der Waals surface area contributed by atoms with Crippen molar-refractivity contribution in [3.05, 3.63) is 90.5 Å². The topological polar surface area (TPSA) is 47.6 Å². The predicted octanol–water partition coefficient (Wildman–Crippen LogP) is 4.36. The minimum Gasteiger partial charge on any atom is -0.489 e. The summed E-state index contributed by atoms with van der Waals surface area (Å²) in [7, 11) is 0. The normalized spacial score (nSPS) is 20.0. The third-order valence-electron chi connectivity index (χ3n) is 5.21. The van der Waals surface area contributed by atoms with E-state index in [0.717, 1.165) is 16.9 Å². The number of nitrogens with one attached hydrogen (secondary N) is 1. The molecule has 3 atom stereocenters. The second kappa shape index (κ2) is 9.03. The Morgan fingerprint density at radius 2 is 1.55 bits per heavy atom. The summed E-state index contributed by atoms with van der Waals surface area (Å²) in [4.78, 5) is 13.2. The maximum Gasteiger partial charge on any atom is 0.193 e. The number of ether oxygens (including phenoxy) is 2. The van der Waals surface area contributed by atoms with Gasteiger partial charge in [0.05, 0.1) is 12.6 Å². The summed E-state index contributed by atoms with van der Waals surface area (Å²) in [6.45, 7) is 3.18. The molecule has 1 aliphatic rings. The predicted molar refractivity (Wildman–Crippen MR) is 114 cm³/mol.